The van der Waals surface area contributed by atoms with E-state index in [1.807, 2.05) is 12.1 Å². The van der Waals surface area contributed by atoms with E-state index in [1.54, 1.807) is 19.2 Å². The molecule has 0 atom stereocenters. The van der Waals surface area contributed by atoms with Crippen molar-refractivity contribution in [1.29, 1.82) is 0 Å². The Morgan fingerprint density at radius 2 is 2.04 bits per heavy atom. The second-order valence-corrected chi connectivity index (χ2v) is 7.03. The molecule has 128 valence electrons. The molecule has 3 rings (SSSR count). The zero-order valence-electron chi connectivity index (χ0n) is 13.3. The van der Waals surface area contributed by atoms with Crippen molar-refractivity contribution in [3.8, 4) is 5.75 Å². The second-order valence-electron chi connectivity index (χ2n) is 5.52. The lowest BCUT2D eigenvalue weighted by atomic mass is 10.1. The van der Waals surface area contributed by atoms with Crippen molar-refractivity contribution in [3.63, 3.8) is 0 Å². The van der Waals surface area contributed by atoms with Gasteiger partial charge in [0, 0.05) is 17.1 Å². The molecule has 0 spiro atoms. The summed E-state index contributed by atoms with van der Waals surface area (Å²) in [7, 11) is 1.68. The van der Waals surface area contributed by atoms with Crippen LogP contribution in [0.25, 0.3) is 0 Å². The predicted molar refractivity (Wildman–Crippen MR) is 96.6 cm³/mol. The van der Waals surface area contributed by atoms with Crippen molar-refractivity contribution >= 4 is 29.5 Å². The van der Waals surface area contributed by atoms with Crippen LogP contribution in [0.15, 0.2) is 36.4 Å². The summed E-state index contributed by atoms with van der Waals surface area (Å²) in [5.41, 5.74) is 0.963. The number of aryl methyl sites for hydroxylation is 1. The SMILES string of the molecule is CO[SH+]CCc1cc(Cl)cc(N2CC(Oc3ccc(F)cc3)C2)n1. The zero-order valence-corrected chi connectivity index (χ0v) is 14.9. The van der Waals surface area contributed by atoms with Gasteiger partial charge >= 0.3 is 0 Å². The smallest absolute Gasteiger partial charge is 0.144 e. The number of anilines is 1. The average molecular weight is 370 g/mol. The molecule has 0 bridgehead atoms. The van der Waals surface area contributed by atoms with Gasteiger partial charge in [0.25, 0.3) is 0 Å². The topological polar surface area (TPSA) is 34.6 Å². The Hall–Kier alpha value is -1.50. The van der Waals surface area contributed by atoms with Crippen LogP contribution in [0, 0.1) is 5.82 Å². The monoisotopic (exact) mass is 369 g/mol. The Morgan fingerprint density at radius 1 is 1.29 bits per heavy atom. The first-order valence-electron chi connectivity index (χ1n) is 7.67. The van der Waals surface area contributed by atoms with Gasteiger partial charge in [-0.25, -0.2) is 9.37 Å². The molecule has 1 saturated heterocycles. The molecule has 0 N–H and O–H groups in total. The van der Waals surface area contributed by atoms with Gasteiger partial charge in [-0.05, 0) is 36.4 Å². The molecule has 0 aliphatic carbocycles. The highest BCUT2D eigenvalue weighted by molar-refractivity contribution is 7.73. The van der Waals surface area contributed by atoms with E-state index >= 15 is 0 Å². The number of ether oxygens (including phenoxy) is 1. The fourth-order valence-electron chi connectivity index (χ4n) is 2.48. The van der Waals surface area contributed by atoms with Gasteiger partial charge in [-0.3, -0.25) is 0 Å². The van der Waals surface area contributed by atoms with Gasteiger partial charge in [0.2, 0.25) is 0 Å². The molecular formula is C17H19ClFN2O2S+. The average Bonchev–Trinajstić information content (AvgIpc) is 2.52. The normalized spacial score (nSPS) is 14.5. The number of hydrogen-bond acceptors (Lipinski definition) is 4. The van der Waals surface area contributed by atoms with Crippen LogP contribution in [0.1, 0.15) is 5.69 Å². The third-order valence-corrected chi connectivity index (χ3v) is 4.59. The number of hydrogen-bond donors (Lipinski definition) is 0. The van der Waals surface area contributed by atoms with Crippen LogP contribution in [0.2, 0.25) is 5.02 Å². The molecule has 0 saturated carbocycles. The molecule has 0 radical (unpaired) electrons. The third kappa shape index (κ3) is 4.53. The molecular weight excluding hydrogens is 351 g/mol. The van der Waals surface area contributed by atoms with Gasteiger partial charge in [-0.2, -0.15) is 4.18 Å². The number of benzene rings is 1. The largest absolute Gasteiger partial charge is 0.487 e. The van der Waals surface area contributed by atoms with Crippen LogP contribution >= 0.6 is 11.6 Å². The zero-order chi connectivity index (χ0) is 16.9. The van der Waals surface area contributed by atoms with Gasteiger partial charge in [-0.15, -0.1) is 0 Å². The molecule has 2 aromatic rings. The van der Waals surface area contributed by atoms with E-state index in [0.717, 1.165) is 48.8 Å². The summed E-state index contributed by atoms with van der Waals surface area (Å²) >= 11 is 7.14. The van der Waals surface area contributed by atoms with E-state index in [9.17, 15) is 4.39 Å². The summed E-state index contributed by atoms with van der Waals surface area (Å²) in [6, 6.07) is 9.84. The fourth-order valence-corrected chi connectivity index (χ4v) is 3.21. The van der Waals surface area contributed by atoms with Gasteiger partial charge in [0.05, 0.1) is 20.2 Å². The first-order chi connectivity index (χ1) is 11.6. The van der Waals surface area contributed by atoms with Crippen LogP contribution < -0.4 is 9.64 Å². The highest BCUT2D eigenvalue weighted by Gasteiger charge is 2.30. The fraction of sp³-hybridized carbons (Fsp3) is 0.353. The maximum Gasteiger partial charge on any atom is 0.144 e. The van der Waals surface area contributed by atoms with Crippen LogP contribution in [0.5, 0.6) is 5.75 Å². The third-order valence-electron chi connectivity index (χ3n) is 3.71. The first-order valence-corrected chi connectivity index (χ1v) is 9.05. The van der Waals surface area contributed by atoms with Gasteiger partial charge in [0.15, 0.2) is 0 Å². The van der Waals surface area contributed by atoms with Gasteiger partial charge in [-0.1, -0.05) is 11.6 Å². The molecule has 0 amide bonds. The molecule has 1 fully saturated rings. The quantitative estimate of drug-likeness (QED) is 0.427. The van der Waals surface area contributed by atoms with Crippen LogP contribution in [-0.4, -0.2) is 37.0 Å². The van der Waals surface area contributed by atoms with E-state index in [1.165, 1.54) is 12.1 Å². The summed E-state index contributed by atoms with van der Waals surface area (Å²) in [5.74, 6) is 2.17. The Morgan fingerprint density at radius 3 is 2.75 bits per heavy atom. The molecule has 0 unspecified atom stereocenters. The number of aromatic nitrogens is 1. The second kappa shape index (κ2) is 8.05. The number of thiol groups is 1. The number of halogens is 2. The molecule has 2 heterocycles. The standard InChI is InChI=1S/C17H18ClFN2O2S/c1-22-24-7-6-14-8-12(18)9-17(20-14)21-10-16(11-21)23-15-4-2-13(19)3-5-15/h2-5,8-9,16H,6-7,10-11H2,1H3/p+1. The summed E-state index contributed by atoms with van der Waals surface area (Å²) < 4.78 is 23.8. The molecule has 1 aliphatic heterocycles. The summed E-state index contributed by atoms with van der Waals surface area (Å²) in [4.78, 5) is 6.78. The summed E-state index contributed by atoms with van der Waals surface area (Å²) in [6.45, 7) is 1.47. The highest BCUT2D eigenvalue weighted by atomic mass is 35.5. The minimum atomic E-state index is -0.263. The maximum atomic E-state index is 12.9. The van der Waals surface area contributed by atoms with Crippen LogP contribution in [0.4, 0.5) is 10.2 Å². The van der Waals surface area contributed by atoms with E-state index in [-0.39, 0.29) is 11.9 Å². The Bertz CT molecular complexity index is 681. The first kappa shape index (κ1) is 17.3. The maximum absolute atomic E-state index is 12.9. The Labute approximate surface area is 150 Å². The number of rotatable bonds is 7. The summed E-state index contributed by atoms with van der Waals surface area (Å²) in [5, 5.41) is 0.687. The van der Waals surface area contributed by atoms with E-state index in [2.05, 4.69) is 9.88 Å². The predicted octanol–water partition coefficient (Wildman–Crippen LogP) is 3.06. The van der Waals surface area contributed by atoms with Crippen LogP contribution in [0.3, 0.4) is 0 Å². The number of nitrogens with zero attached hydrogens (tertiary/aromatic N) is 2. The summed E-state index contributed by atoms with van der Waals surface area (Å²) in [6.07, 6.45) is 0.901. The van der Waals surface area contributed by atoms with Crippen LogP contribution in [-0.2, 0) is 22.6 Å². The van der Waals surface area contributed by atoms with Gasteiger partial charge < -0.3 is 9.64 Å². The van der Waals surface area contributed by atoms with E-state index < -0.39 is 0 Å². The van der Waals surface area contributed by atoms with Crippen molar-refractivity contribution in [2.45, 2.75) is 12.5 Å². The Kier molecular flexibility index (Phi) is 5.81. The lowest BCUT2D eigenvalue weighted by molar-refractivity contribution is 0.166. The molecule has 1 aromatic carbocycles. The Balaban J connectivity index is 1.55. The molecule has 1 aromatic heterocycles. The molecule has 1 aliphatic rings. The van der Waals surface area contributed by atoms with Crippen molar-refractivity contribution < 1.29 is 13.3 Å². The number of pyridine rings is 1. The minimum Gasteiger partial charge on any atom is -0.487 e. The molecule has 4 nitrogen and oxygen atoms in total. The lowest BCUT2D eigenvalue weighted by Gasteiger charge is -2.40. The molecule has 24 heavy (non-hydrogen) atoms. The van der Waals surface area contributed by atoms with E-state index in [4.69, 9.17) is 20.5 Å². The van der Waals surface area contributed by atoms with Gasteiger partial charge in [0.1, 0.15) is 41.3 Å². The molecule has 7 heteroatoms. The minimum absolute atomic E-state index is 0.0757. The van der Waals surface area contributed by atoms with Crippen molar-refractivity contribution in [1.82, 2.24) is 4.98 Å². The highest BCUT2D eigenvalue weighted by Crippen LogP contribution is 2.26. The van der Waals surface area contributed by atoms with E-state index in [0.29, 0.717) is 10.8 Å². The van der Waals surface area contributed by atoms with Crippen molar-refractivity contribution in [2.75, 3.05) is 30.9 Å². The van der Waals surface area contributed by atoms with Crippen molar-refractivity contribution in [3.05, 3.63) is 52.9 Å². The van der Waals surface area contributed by atoms with Crippen molar-refractivity contribution in [2.24, 2.45) is 0 Å². The lowest BCUT2D eigenvalue weighted by Crippen LogP contribution is -2.54.